The topological polar surface area (TPSA) is 59.8 Å². The smallest absolute Gasteiger partial charge is 0.251 e. The zero-order chi connectivity index (χ0) is 16.4. The van der Waals surface area contributed by atoms with Gasteiger partial charge in [-0.25, -0.2) is 4.98 Å². The Hall–Kier alpha value is -2.51. The normalized spacial score (nSPS) is 12.3. The molecule has 0 aliphatic carbocycles. The lowest BCUT2D eigenvalue weighted by atomic mass is 10.2. The molecule has 3 aromatic heterocycles. The molecule has 0 aliphatic heterocycles. The predicted molar refractivity (Wildman–Crippen MR) is 96.6 cm³/mol. The molecule has 0 bridgehead atoms. The summed E-state index contributed by atoms with van der Waals surface area (Å²) >= 11 is 3.20. The number of amides is 1. The van der Waals surface area contributed by atoms with Gasteiger partial charge in [-0.05, 0) is 35.7 Å². The highest BCUT2D eigenvalue weighted by atomic mass is 32.1. The fraction of sp³-hybridized carbons (Fsp3) is 0.118. The summed E-state index contributed by atoms with van der Waals surface area (Å²) in [6.07, 6.45) is 3.67. The quantitative estimate of drug-likeness (QED) is 0.596. The van der Waals surface area contributed by atoms with E-state index in [0.717, 1.165) is 15.1 Å². The van der Waals surface area contributed by atoms with Crippen molar-refractivity contribution in [2.24, 2.45) is 0 Å². The van der Waals surface area contributed by atoms with E-state index in [4.69, 9.17) is 0 Å². The maximum Gasteiger partial charge on any atom is 0.251 e. The minimum absolute atomic E-state index is 0.00362. The summed E-state index contributed by atoms with van der Waals surface area (Å²) in [6.45, 7) is 0.488. The SMILES string of the molecule is O=C(NC[C@@H](c1cccs1)n1cccn1)c1ccc2ncsc2c1. The van der Waals surface area contributed by atoms with Crippen molar-refractivity contribution in [3.8, 4) is 0 Å². The maximum absolute atomic E-state index is 12.5. The van der Waals surface area contributed by atoms with Crippen molar-refractivity contribution >= 4 is 38.8 Å². The van der Waals surface area contributed by atoms with E-state index in [1.54, 1.807) is 23.0 Å². The molecule has 0 fully saturated rings. The molecular formula is C17H14N4OS2. The minimum atomic E-state index is -0.0842. The summed E-state index contributed by atoms with van der Waals surface area (Å²) in [7, 11) is 0. The van der Waals surface area contributed by atoms with Crippen molar-refractivity contribution in [1.82, 2.24) is 20.1 Å². The lowest BCUT2D eigenvalue weighted by Gasteiger charge is -2.17. The van der Waals surface area contributed by atoms with Gasteiger partial charge < -0.3 is 5.32 Å². The molecule has 5 nitrogen and oxygen atoms in total. The number of carbonyl (C=O) groups is 1. The van der Waals surface area contributed by atoms with Crippen LogP contribution in [0.4, 0.5) is 0 Å². The molecule has 4 aromatic rings. The molecule has 0 aliphatic rings. The lowest BCUT2D eigenvalue weighted by molar-refractivity contribution is 0.0949. The highest BCUT2D eigenvalue weighted by Gasteiger charge is 2.17. The second-order valence-electron chi connectivity index (χ2n) is 5.26. The maximum atomic E-state index is 12.5. The van der Waals surface area contributed by atoms with E-state index in [9.17, 15) is 4.79 Å². The van der Waals surface area contributed by atoms with Crippen molar-refractivity contribution in [3.05, 3.63) is 70.1 Å². The van der Waals surface area contributed by atoms with Gasteiger partial charge in [0.2, 0.25) is 0 Å². The fourth-order valence-corrected chi connectivity index (χ4v) is 4.09. The zero-order valence-corrected chi connectivity index (χ0v) is 14.3. The van der Waals surface area contributed by atoms with Gasteiger partial charge in [-0.15, -0.1) is 22.7 Å². The summed E-state index contributed by atoms with van der Waals surface area (Å²) in [4.78, 5) is 17.9. The van der Waals surface area contributed by atoms with E-state index in [-0.39, 0.29) is 11.9 Å². The van der Waals surface area contributed by atoms with Crippen LogP contribution in [0.15, 0.2) is 59.7 Å². The van der Waals surface area contributed by atoms with Gasteiger partial charge in [0.25, 0.3) is 5.91 Å². The number of rotatable bonds is 5. The number of thiazole rings is 1. The first-order valence-electron chi connectivity index (χ1n) is 7.45. The third kappa shape index (κ3) is 2.95. The molecule has 3 heterocycles. The largest absolute Gasteiger partial charge is 0.350 e. The summed E-state index contributed by atoms with van der Waals surface area (Å²) in [5.74, 6) is -0.0842. The average Bonchev–Trinajstić information content (AvgIpc) is 3.36. The molecule has 0 spiro atoms. The van der Waals surface area contributed by atoms with Crippen LogP contribution in [-0.4, -0.2) is 27.2 Å². The van der Waals surface area contributed by atoms with Gasteiger partial charge in [0.1, 0.15) is 6.04 Å². The van der Waals surface area contributed by atoms with Crippen molar-refractivity contribution in [3.63, 3.8) is 0 Å². The lowest BCUT2D eigenvalue weighted by Crippen LogP contribution is -2.31. The van der Waals surface area contributed by atoms with Gasteiger partial charge in [-0.3, -0.25) is 9.48 Å². The van der Waals surface area contributed by atoms with E-state index >= 15 is 0 Å². The number of hydrogen-bond acceptors (Lipinski definition) is 5. The molecule has 0 unspecified atom stereocenters. The number of nitrogens with one attached hydrogen (secondary N) is 1. The summed E-state index contributed by atoms with van der Waals surface area (Å²) in [5.41, 5.74) is 3.36. The van der Waals surface area contributed by atoms with Crippen LogP contribution in [-0.2, 0) is 0 Å². The third-order valence-electron chi connectivity index (χ3n) is 3.77. The van der Waals surface area contributed by atoms with Gasteiger partial charge in [-0.2, -0.15) is 5.10 Å². The van der Waals surface area contributed by atoms with Crippen LogP contribution in [0.2, 0.25) is 0 Å². The number of nitrogens with zero attached hydrogens (tertiary/aromatic N) is 3. The summed E-state index contributed by atoms with van der Waals surface area (Å²) < 4.78 is 2.89. The average molecular weight is 354 g/mol. The number of benzene rings is 1. The van der Waals surface area contributed by atoms with Crippen LogP contribution in [0, 0.1) is 0 Å². The van der Waals surface area contributed by atoms with Crippen LogP contribution in [0.5, 0.6) is 0 Å². The molecule has 24 heavy (non-hydrogen) atoms. The van der Waals surface area contributed by atoms with Crippen molar-refractivity contribution in [2.45, 2.75) is 6.04 Å². The van der Waals surface area contributed by atoms with E-state index in [1.807, 2.05) is 46.6 Å². The number of carbonyl (C=O) groups excluding carboxylic acids is 1. The Bertz CT molecular complexity index is 910. The van der Waals surface area contributed by atoms with Crippen molar-refractivity contribution in [1.29, 1.82) is 0 Å². The van der Waals surface area contributed by atoms with E-state index < -0.39 is 0 Å². The molecule has 0 saturated heterocycles. The first kappa shape index (κ1) is 15.0. The molecule has 7 heteroatoms. The van der Waals surface area contributed by atoms with Crippen molar-refractivity contribution < 1.29 is 4.79 Å². The second-order valence-corrected chi connectivity index (χ2v) is 7.13. The van der Waals surface area contributed by atoms with Gasteiger partial charge in [0.15, 0.2) is 0 Å². The Morgan fingerprint density at radius 3 is 3.00 bits per heavy atom. The van der Waals surface area contributed by atoms with Crippen LogP contribution < -0.4 is 5.32 Å². The summed E-state index contributed by atoms with van der Waals surface area (Å²) in [6, 6.07) is 11.5. The highest BCUT2D eigenvalue weighted by molar-refractivity contribution is 7.16. The number of hydrogen-bond donors (Lipinski definition) is 1. The van der Waals surface area contributed by atoms with Crippen LogP contribution in [0.25, 0.3) is 10.2 Å². The fourth-order valence-electron chi connectivity index (χ4n) is 2.56. The first-order valence-corrected chi connectivity index (χ1v) is 9.21. The second kappa shape index (κ2) is 6.54. The van der Waals surface area contributed by atoms with Gasteiger partial charge >= 0.3 is 0 Å². The molecule has 120 valence electrons. The first-order chi connectivity index (χ1) is 11.8. The third-order valence-corrected chi connectivity index (χ3v) is 5.53. The van der Waals surface area contributed by atoms with E-state index in [1.165, 1.54) is 11.3 Å². The molecule has 1 aromatic carbocycles. The molecule has 1 N–H and O–H groups in total. The van der Waals surface area contributed by atoms with E-state index in [0.29, 0.717) is 12.1 Å². The zero-order valence-electron chi connectivity index (χ0n) is 12.6. The standard InChI is InChI=1S/C17H14N4OS2/c22-17(12-4-5-13-16(9-12)24-11-19-13)18-10-14(15-3-1-8-23-15)21-7-2-6-20-21/h1-9,11,14H,10H2,(H,18,22)/t14-/m0/s1. The van der Waals surface area contributed by atoms with Crippen LogP contribution in [0.3, 0.4) is 0 Å². The molecular weight excluding hydrogens is 340 g/mol. The Morgan fingerprint density at radius 2 is 2.21 bits per heavy atom. The highest BCUT2D eigenvalue weighted by Crippen LogP contribution is 2.22. The Kier molecular flexibility index (Phi) is 4.10. The van der Waals surface area contributed by atoms with Crippen molar-refractivity contribution in [2.75, 3.05) is 6.54 Å². The molecule has 0 radical (unpaired) electrons. The van der Waals surface area contributed by atoms with Crippen LogP contribution >= 0.6 is 22.7 Å². The number of thiophene rings is 1. The molecule has 1 amide bonds. The van der Waals surface area contributed by atoms with E-state index in [2.05, 4.69) is 21.5 Å². The number of aromatic nitrogens is 3. The minimum Gasteiger partial charge on any atom is -0.350 e. The van der Waals surface area contributed by atoms with Gasteiger partial charge in [0.05, 0.1) is 15.7 Å². The number of fused-ring (bicyclic) bond motifs is 1. The molecule has 0 saturated carbocycles. The Balaban J connectivity index is 1.52. The van der Waals surface area contributed by atoms with Gasteiger partial charge in [-0.1, -0.05) is 6.07 Å². The Morgan fingerprint density at radius 1 is 1.25 bits per heavy atom. The monoisotopic (exact) mass is 354 g/mol. The molecule has 1 atom stereocenters. The van der Waals surface area contributed by atoms with Crippen LogP contribution in [0.1, 0.15) is 21.3 Å². The Labute approximate surface area is 146 Å². The van der Waals surface area contributed by atoms with Gasteiger partial charge in [0, 0.05) is 29.4 Å². The molecule has 4 rings (SSSR count). The summed E-state index contributed by atoms with van der Waals surface area (Å²) in [5, 5.41) is 9.38. The predicted octanol–water partition coefficient (Wildman–Crippen LogP) is 3.57.